The van der Waals surface area contributed by atoms with Crippen molar-refractivity contribution in [1.82, 2.24) is 0 Å². The molecule has 0 fully saturated rings. The average molecular weight is 676 g/mol. The number of fused-ring (bicyclic) bond motifs is 1. The maximum absolute atomic E-state index is 2.44. The zero-order valence-corrected chi connectivity index (χ0v) is 29.3. The first-order chi connectivity index (χ1) is 26.3. The first kappa shape index (κ1) is 32.0. The van der Waals surface area contributed by atoms with E-state index in [1.807, 2.05) is 0 Å². The quantitative estimate of drug-likeness (QED) is 0.155. The maximum Gasteiger partial charge on any atom is 0.0540 e. The van der Waals surface area contributed by atoms with E-state index in [1.54, 1.807) is 0 Å². The zero-order valence-electron chi connectivity index (χ0n) is 29.3. The second-order valence-corrected chi connectivity index (χ2v) is 13.2. The molecular weight excluding hydrogens is 639 g/mol. The van der Waals surface area contributed by atoms with E-state index in [1.165, 1.54) is 60.8 Å². The van der Waals surface area contributed by atoms with E-state index in [4.69, 9.17) is 0 Å². The molecule has 0 saturated carbocycles. The Labute approximate surface area is 311 Å². The van der Waals surface area contributed by atoms with Gasteiger partial charge in [0.25, 0.3) is 0 Å². The summed E-state index contributed by atoms with van der Waals surface area (Å²) in [5.41, 5.74) is 15.3. The minimum absolute atomic E-state index is 1.10. The van der Waals surface area contributed by atoms with Crippen LogP contribution >= 0.6 is 0 Å². The van der Waals surface area contributed by atoms with Crippen LogP contribution in [0.1, 0.15) is 0 Å². The van der Waals surface area contributed by atoms with Gasteiger partial charge in [-0.05, 0) is 79.5 Å². The minimum atomic E-state index is 1.10. The van der Waals surface area contributed by atoms with Crippen molar-refractivity contribution in [2.24, 2.45) is 0 Å². The molecule has 0 amide bonds. The average Bonchev–Trinajstić information content (AvgIpc) is 3.25. The van der Waals surface area contributed by atoms with Crippen LogP contribution in [0, 0.1) is 0 Å². The Morgan fingerprint density at radius 3 is 1.15 bits per heavy atom. The summed E-state index contributed by atoms with van der Waals surface area (Å²) in [5, 5.41) is 2.47. The Kier molecular flexibility index (Phi) is 8.66. The Morgan fingerprint density at radius 1 is 0.226 bits per heavy atom. The van der Waals surface area contributed by atoms with Crippen LogP contribution in [0.5, 0.6) is 0 Å². The lowest BCUT2D eigenvalue weighted by Crippen LogP contribution is -2.12. The van der Waals surface area contributed by atoms with Crippen LogP contribution in [0.3, 0.4) is 0 Å². The molecular formula is C52H37N. The Balaban J connectivity index is 1.28. The van der Waals surface area contributed by atoms with Crippen molar-refractivity contribution in [3.8, 4) is 55.6 Å². The zero-order chi connectivity index (χ0) is 35.4. The van der Waals surface area contributed by atoms with Gasteiger partial charge in [0, 0.05) is 16.8 Å². The number of hydrogen-bond donors (Lipinski definition) is 0. The molecule has 1 nitrogen and oxygen atoms in total. The molecule has 0 unspecified atom stereocenters. The van der Waals surface area contributed by atoms with E-state index in [9.17, 15) is 0 Å². The summed E-state index contributed by atoms with van der Waals surface area (Å²) in [4.78, 5) is 2.44. The molecule has 250 valence electrons. The molecule has 0 N–H and O–H groups in total. The Hall–Kier alpha value is -6.96. The third-order valence-electron chi connectivity index (χ3n) is 10.1. The van der Waals surface area contributed by atoms with Crippen molar-refractivity contribution >= 4 is 27.8 Å². The molecule has 0 aromatic heterocycles. The lowest BCUT2D eigenvalue weighted by molar-refractivity contribution is 1.28. The molecule has 0 atom stereocenters. The van der Waals surface area contributed by atoms with Crippen molar-refractivity contribution in [2.45, 2.75) is 0 Å². The Morgan fingerprint density at radius 2 is 0.585 bits per heavy atom. The van der Waals surface area contributed by atoms with Gasteiger partial charge in [-0.15, -0.1) is 0 Å². The van der Waals surface area contributed by atoms with Crippen LogP contribution in [0.2, 0.25) is 0 Å². The lowest BCUT2D eigenvalue weighted by atomic mass is 9.88. The molecule has 0 radical (unpaired) electrons. The summed E-state index contributed by atoms with van der Waals surface area (Å²) in [6, 6.07) is 80.8. The number of anilines is 3. The molecule has 0 heterocycles. The van der Waals surface area contributed by atoms with Gasteiger partial charge in [0.15, 0.2) is 0 Å². The highest BCUT2D eigenvalue weighted by molar-refractivity contribution is 6.09. The Bertz CT molecular complexity index is 2660. The van der Waals surface area contributed by atoms with Crippen LogP contribution in [0.25, 0.3) is 66.4 Å². The second kappa shape index (κ2) is 14.3. The number of benzene rings is 9. The van der Waals surface area contributed by atoms with Crippen molar-refractivity contribution in [1.29, 1.82) is 0 Å². The van der Waals surface area contributed by atoms with Gasteiger partial charge in [-0.1, -0.05) is 200 Å². The molecule has 53 heavy (non-hydrogen) atoms. The van der Waals surface area contributed by atoms with Crippen LogP contribution < -0.4 is 4.90 Å². The first-order valence-corrected chi connectivity index (χ1v) is 18.2. The van der Waals surface area contributed by atoms with Crippen LogP contribution in [-0.2, 0) is 0 Å². The minimum Gasteiger partial charge on any atom is -0.309 e. The van der Waals surface area contributed by atoms with Crippen LogP contribution in [-0.4, -0.2) is 0 Å². The summed E-state index contributed by atoms with van der Waals surface area (Å²) >= 11 is 0. The molecule has 0 spiro atoms. The van der Waals surface area contributed by atoms with Gasteiger partial charge in [-0.3, -0.25) is 0 Å². The van der Waals surface area contributed by atoms with Crippen LogP contribution in [0.4, 0.5) is 17.1 Å². The SMILES string of the molecule is c1ccc(-c2ccccc2-c2ccccc2-c2ccccc2N(c2ccccc2)c2ccccc2-c2cccc3cccc(-c4ccccc4)c23)cc1. The molecule has 0 aliphatic heterocycles. The molecule has 0 aliphatic rings. The fraction of sp³-hybridized carbons (Fsp3) is 0. The largest absolute Gasteiger partial charge is 0.309 e. The predicted octanol–water partition coefficient (Wildman–Crippen LogP) is 14.6. The summed E-state index contributed by atoms with van der Waals surface area (Å²) in [6.07, 6.45) is 0. The van der Waals surface area contributed by atoms with E-state index in [0.29, 0.717) is 0 Å². The van der Waals surface area contributed by atoms with E-state index in [2.05, 4.69) is 229 Å². The molecule has 0 aliphatic carbocycles. The normalized spacial score (nSPS) is 11.0. The third-order valence-corrected chi connectivity index (χ3v) is 10.1. The summed E-state index contributed by atoms with van der Waals surface area (Å²) < 4.78 is 0. The van der Waals surface area contributed by atoms with E-state index < -0.39 is 0 Å². The number of nitrogens with zero attached hydrogens (tertiary/aromatic N) is 1. The summed E-state index contributed by atoms with van der Waals surface area (Å²) in [6.45, 7) is 0. The molecule has 9 aromatic rings. The smallest absolute Gasteiger partial charge is 0.0540 e. The van der Waals surface area contributed by atoms with Gasteiger partial charge < -0.3 is 4.90 Å². The van der Waals surface area contributed by atoms with Gasteiger partial charge in [0.05, 0.1) is 11.4 Å². The topological polar surface area (TPSA) is 3.24 Å². The van der Waals surface area contributed by atoms with Crippen molar-refractivity contribution in [3.05, 3.63) is 224 Å². The van der Waals surface area contributed by atoms with Crippen LogP contribution in [0.15, 0.2) is 224 Å². The fourth-order valence-electron chi connectivity index (χ4n) is 7.74. The van der Waals surface area contributed by atoms with Gasteiger partial charge >= 0.3 is 0 Å². The third kappa shape index (κ3) is 6.09. The highest BCUT2D eigenvalue weighted by Gasteiger charge is 2.23. The van der Waals surface area contributed by atoms with E-state index in [-0.39, 0.29) is 0 Å². The van der Waals surface area contributed by atoms with E-state index in [0.717, 1.165) is 22.6 Å². The predicted molar refractivity (Wildman–Crippen MR) is 226 cm³/mol. The van der Waals surface area contributed by atoms with Crippen molar-refractivity contribution < 1.29 is 0 Å². The standard InChI is InChI=1S/C52H37N/c1-4-20-38(21-5-1)42-28-10-11-29-44(42)45-30-12-13-31-46(45)47-32-14-16-36-50(47)53(41-26-8-3-9-27-41)51-37-17-15-33-48(51)49-35-19-25-40-24-18-34-43(52(40)49)39-22-6-2-7-23-39/h1-37H. The second-order valence-electron chi connectivity index (χ2n) is 13.2. The molecule has 0 bridgehead atoms. The monoisotopic (exact) mass is 675 g/mol. The lowest BCUT2D eigenvalue weighted by Gasteiger charge is -2.30. The number of para-hydroxylation sites is 3. The number of rotatable bonds is 8. The molecule has 9 aromatic carbocycles. The molecule has 0 saturated heterocycles. The highest BCUT2D eigenvalue weighted by atomic mass is 15.1. The van der Waals surface area contributed by atoms with Gasteiger partial charge in [0.2, 0.25) is 0 Å². The fourth-order valence-corrected chi connectivity index (χ4v) is 7.74. The highest BCUT2D eigenvalue weighted by Crippen LogP contribution is 2.48. The van der Waals surface area contributed by atoms with Crippen molar-refractivity contribution in [2.75, 3.05) is 4.90 Å². The summed E-state index contributed by atoms with van der Waals surface area (Å²) in [7, 11) is 0. The van der Waals surface area contributed by atoms with Crippen molar-refractivity contribution in [3.63, 3.8) is 0 Å². The molecule has 9 rings (SSSR count). The first-order valence-electron chi connectivity index (χ1n) is 18.2. The maximum atomic E-state index is 2.44. The van der Waals surface area contributed by atoms with Gasteiger partial charge in [-0.2, -0.15) is 0 Å². The van der Waals surface area contributed by atoms with Gasteiger partial charge in [0.1, 0.15) is 0 Å². The van der Waals surface area contributed by atoms with E-state index >= 15 is 0 Å². The van der Waals surface area contributed by atoms with Gasteiger partial charge in [-0.25, -0.2) is 0 Å². The number of hydrogen-bond acceptors (Lipinski definition) is 1. The molecule has 1 heteroatoms. The summed E-state index contributed by atoms with van der Waals surface area (Å²) in [5.74, 6) is 0.